The Kier molecular flexibility index (Phi) is 6.34. The van der Waals surface area contributed by atoms with E-state index in [0.29, 0.717) is 6.42 Å². The molecule has 0 spiro atoms. The third-order valence-corrected chi connectivity index (χ3v) is 4.73. The highest BCUT2D eigenvalue weighted by Crippen LogP contribution is 2.59. The summed E-state index contributed by atoms with van der Waals surface area (Å²) in [5.41, 5.74) is -4.31. The average Bonchev–Trinajstić information content (AvgIpc) is 2.33. The minimum absolute atomic E-state index is 0.240. The minimum Gasteiger partial charge on any atom is -0.468 e. The molecular formula is C16H29F3O2. The number of carbonyl (C=O) groups excluding carboxylic acids is 1. The maximum atomic E-state index is 14.0. The fourth-order valence-corrected chi connectivity index (χ4v) is 3.15. The third kappa shape index (κ3) is 3.92. The van der Waals surface area contributed by atoms with Crippen LogP contribution in [0.15, 0.2) is 0 Å². The molecule has 1 atom stereocenters. The predicted octanol–water partition coefficient (Wildman–Crippen LogP) is 5.36. The standard InChI is InChI=1S/C16H29F3O2/c1-8-10-13(3,4)11-15(12(20)21-7,16(17,18)19)14(5,6)9-2/h8-11H2,1-7H3. The molecule has 0 radical (unpaired) electrons. The van der Waals surface area contributed by atoms with Gasteiger partial charge >= 0.3 is 12.1 Å². The smallest absolute Gasteiger partial charge is 0.405 e. The van der Waals surface area contributed by atoms with Crippen LogP contribution in [0.3, 0.4) is 0 Å². The summed E-state index contributed by atoms with van der Waals surface area (Å²) in [6.07, 6.45) is -3.27. The van der Waals surface area contributed by atoms with Crippen molar-refractivity contribution in [3.05, 3.63) is 0 Å². The van der Waals surface area contributed by atoms with Crippen LogP contribution in [0, 0.1) is 16.2 Å². The highest BCUT2D eigenvalue weighted by atomic mass is 19.4. The maximum Gasteiger partial charge on any atom is 0.405 e. The van der Waals surface area contributed by atoms with Crippen molar-refractivity contribution in [2.75, 3.05) is 7.11 Å². The minimum atomic E-state index is -4.65. The maximum absolute atomic E-state index is 14.0. The lowest BCUT2D eigenvalue weighted by atomic mass is 9.57. The lowest BCUT2D eigenvalue weighted by Crippen LogP contribution is -2.57. The van der Waals surface area contributed by atoms with Gasteiger partial charge in [0.25, 0.3) is 0 Å². The molecule has 0 aromatic rings. The quantitative estimate of drug-likeness (QED) is 0.592. The Morgan fingerprint density at radius 2 is 1.52 bits per heavy atom. The van der Waals surface area contributed by atoms with Gasteiger partial charge in [0, 0.05) is 0 Å². The van der Waals surface area contributed by atoms with E-state index in [-0.39, 0.29) is 12.8 Å². The number of alkyl halides is 3. The van der Waals surface area contributed by atoms with Crippen LogP contribution >= 0.6 is 0 Å². The molecule has 0 N–H and O–H groups in total. The topological polar surface area (TPSA) is 26.3 Å². The second-order valence-corrected chi connectivity index (χ2v) is 7.22. The average molecular weight is 310 g/mol. The van der Waals surface area contributed by atoms with Gasteiger partial charge in [0.15, 0.2) is 5.41 Å². The van der Waals surface area contributed by atoms with Gasteiger partial charge in [-0.25, -0.2) is 0 Å². The first-order chi connectivity index (χ1) is 9.31. The number of esters is 1. The molecule has 0 aliphatic rings. The monoisotopic (exact) mass is 310 g/mol. The lowest BCUT2D eigenvalue weighted by molar-refractivity contribution is -0.272. The molecule has 0 heterocycles. The summed E-state index contributed by atoms with van der Waals surface area (Å²) in [5, 5.41) is 0. The van der Waals surface area contributed by atoms with Crippen molar-refractivity contribution in [1.29, 1.82) is 0 Å². The Bertz CT molecular complexity index is 359. The fraction of sp³-hybridized carbons (Fsp3) is 0.938. The molecule has 0 bridgehead atoms. The van der Waals surface area contributed by atoms with E-state index in [2.05, 4.69) is 4.74 Å². The largest absolute Gasteiger partial charge is 0.468 e. The molecule has 0 fully saturated rings. The highest BCUT2D eigenvalue weighted by Gasteiger charge is 2.69. The number of methoxy groups -OCH3 is 1. The number of hydrogen-bond donors (Lipinski definition) is 0. The summed E-state index contributed by atoms with van der Waals surface area (Å²) in [6, 6.07) is 0. The summed E-state index contributed by atoms with van der Waals surface area (Å²) in [6.45, 7) is 10.2. The van der Waals surface area contributed by atoms with Crippen molar-refractivity contribution in [1.82, 2.24) is 0 Å². The van der Waals surface area contributed by atoms with E-state index in [1.807, 2.05) is 6.92 Å². The Morgan fingerprint density at radius 3 is 1.81 bits per heavy atom. The summed E-state index contributed by atoms with van der Waals surface area (Å²) >= 11 is 0. The SMILES string of the molecule is CCCC(C)(C)CC(C(=O)OC)(C(F)(F)F)C(C)(C)CC. The highest BCUT2D eigenvalue weighted by molar-refractivity contribution is 5.79. The Balaban J connectivity index is 6.13. The molecular weight excluding hydrogens is 281 g/mol. The first-order valence-electron chi connectivity index (χ1n) is 7.46. The zero-order valence-corrected chi connectivity index (χ0v) is 14.3. The van der Waals surface area contributed by atoms with Crippen molar-refractivity contribution in [3.63, 3.8) is 0 Å². The van der Waals surface area contributed by atoms with E-state index in [4.69, 9.17) is 0 Å². The third-order valence-electron chi connectivity index (χ3n) is 4.73. The molecule has 21 heavy (non-hydrogen) atoms. The van der Waals surface area contributed by atoms with Gasteiger partial charge < -0.3 is 4.74 Å². The Labute approximate surface area is 126 Å². The van der Waals surface area contributed by atoms with E-state index < -0.39 is 28.4 Å². The molecule has 0 aliphatic carbocycles. The number of rotatable bonds is 7. The van der Waals surface area contributed by atoms with Crippen molar-refractivity contribution >= 4 is 5.97 Å². The van der Waals surface area contributed by atoms with E-state index >= 15 is 0 Å². The second kappa shape index (κ2) is 6.57. The molecule has 1 unspecified atom stereocenters. The van der Waals surface area contributed by atoms with Gasteiger partial charge in [0.05, 0.1) is 7.11 Å². The van der Waals surface area contributed by atoms with Gasteiger partial charge in [0.1, 0.15) is 0 Å². The van der Waals surface area contributed by atoms with Gasteiger partial charge in [-0.3, -0.25) is 4.79 Å². The zero-order chi connectivity index (χ0) is 17.1. The van der Waals surface area contributed by atoms with Gasteiger partial charge in [-0.05, 0) is 30.1 Å². The molecule has 2 nitrogen and oxygen atoms in total. The predicted molar refractivity (Wildman–Crippen MR) is 77.9 cm³/mol. The number of hydrogen-bond acceptors (Lipinski definition) is 2. The van der Waals surface area contributed by atoms with Crippen LogP contribution in [0.5, 0.6) is 0 Å². The normalized spacial score (nSPS) is 16.5. The van der Waals surface area contributed by atoms with E-state index in [1.165, 1.54) is 13.8 Å². The van der Waals surface area contributed by atoms with Crippen LogP contribution in [0.4, 0.5) is 13.2 Å². The first kappa shape index (κ1) is 20.3. The summed E-state index contributed by atoms with van der Waals surface area (Å²) in [5.74, 6) is -1.17. The number of carbonyl (C=O) groups is 1. The Hall–Kier alpha value is -0.740. The molecule has 0 aromatic heterocycles. The molecule has 0 aromatic carbocycles. The molecule has 0 saturated carbocycles. The van der Waals surface area contributed by atoms with Crippen molar-refractivity contribution in [2.45, 2.75) is 73.4 Å². The lowest BCUT2D eigenvalue weighted by Gasteiger charge is -2.48. The van der Waals surface area contributed by atoms with E-state index in [0.717, 1.165) is 13.5 Å². The van der Waals surface area contributed by atoms with Crippen LogP contribution < -0.4 is 0 Å². The molecule has 126 valence electrons. The van der Waals surface area contributed by atoms with Crippen LogP contribution in [-0.4, -0.2) is 19.3 Å². The van der Waals surface area contributed by atoms with E-state index in [9.17, 15) is 18.0 Å². The Morgan fingerprint density at radius 1 is 1.05 bits per heavy atom. The molecule has 0 aliphatic heterocycles. The summed E-state index contributed by atoms with van der Waals surface area (Å²) < 4.78 is 46.5. The zero-order valence-electron chi connectivity index (χ0n) is 14.3. The summed E-state index contributed by atoms with van der Waals surface area (Å²) in [4.78, 5) is 12.2. The van der Waals surface area contributed by atoms with E-state index in [1.54, 1.807) is 20.8 Å². The van der Waals surface area contributed by atoms with Crippen molar-refractivity contribution < 1.29 is 22.7 Å². The van der Waals surface area contributed by atoms with Gasteiger partial charge in [0.2, 0.25) is 0 Å². The molecule has 0 rings (SSSR count). The van der Waals surface area contributed by atoms with Gasteiger partial charge in [-0.2, -0.15) is 13.2 Å². The second-order valence-electron chi connectivity index (χ2n) is 7.22. The van der Waals surface area contributed by atoms with Crippen LogP contribution in [0.2, 0.25) is 0 Å². The van der Waals surface area contributed by atoms with Crippen molar-refractivity contribution in [2.24, 2.45) is 16.2 Å². The van der Waals surface area contributed by atoms with Gasteiger partial charge in [-0.1, -0.05) is 48.0 Å². The molecule has 0 saturated heterocycles. The summed E-state index contributed by atoms with van der Waals surface area (Å²) in [7, 11) is 1.03. The van der Waals surface area contributed by atoms with Crippen LogP contribution in [0.1, 0.15) is 67.2 Å². The van der Waals surface area contributed by atoms with Crippen LogP contribution in [-0.2, 0) is 9.53 Å². The molecule has 5 heteroatoms. The fourth-order valence-electron chi connectivity index (χ4n) is 3.15. The van der Waals surface area contributed by atoms with Crippen molar-refractivity contribution in [3.8, 4) is 0 Å². The number of halogens is 3. The van der Waals surface area contributed by atoms with Gasteiger partial charge in [-0.15, -0.1) is 0 Å². The molecule has 0 amide bonds. The first-order valence-corrected chi connectivity index (χ1v) is 7.46. The number of ether oxygens (including phenoxy) is 1. The van der Waals surface area contributed by atoms with Crippen LogP contribution in [0.25, 0.3) is 0 Å².